The van der Waals surface area contributed by atoms with E-state index >= 15 is 0 Å². The maximum Gasteiger partial charge on any atom is 0.151 e. The van der Waals surface area contributed by atoms with Gasteiger partial charge >= 0.3 is 0 Å². The summed E-state index contributed by atoms with van der Waals surface area (Å²) in [5.41, 5.74) is 2.93. The summed E-state index contributed by atoms with van der Waals surface area (Å²) in [5.74, 6) is 2.42. The van der Waals surface area contributed by atoms with E-state index in [1.807, 2.05) is 59.9 Å². The van der Waals surface area contributed by atoms with Gasteiger partial charge in [-0.25, -0.2) is 9.97 Å². The lowest BCUT2D eigenvalue weighted by molar-refractivity contribution is 0.306. The first-order valence-electron chi connectivity index (χ1n) is 11.4. The number of hydrogen-bond donors (Lipinski definition) is 2. The van der Waals surface area contributed by atoms with Crippen molar-refractivity contribution in [1.82, 2.24) is 15.3 Å². The van der Waals surface area contributed by atoms with Crippen molar-refractivity contribution in [3.8, 4) is 21.3 Å². The second-order valence-electron chi connectivity index (χ2n) is 7.88. The Morgan fingerprint density at radius 2 is 1.77 bits per heavy atom. The van der Waals surface area contributed by atoms with E-state index < -0.39 is 0 Å². The van der Waals surface area contributed by atoms with Gasteiger partial charge in [-0.2, -0.15) is 0 Å². The third-order valence-corrected chi connectivity index (χ3v) is 7.84. The summed E-state index contributed by atoms with van der Waals surface area (Å²) < 4.78 is 12.3. The third kappa shape index (κ3) is 5.62. The van der Waals surface area contributed by atoms with Gasteiger partial charge in [-0.05, 0) is 54.6 Å². The van der Waals surface area contributed by atoms with Gasteiger partial charge in [0.25, 0.3) is 0 Å². The van der Waals surface area contributed by atoms with Crippen LogP contribution < -0.4 is 20.1 Å². The lowest BCUT2D eigenvalue weighted by atomic mass is 10.2. The van der Waals surface area contributed by atoms with E-state index in [1.54, 1.807) is 24.8 Å². The summed E-state index contributed by atoms with van der Waals surface area (Å²) in [6, 6.07) is 22.3. The summed E-state index contributed by atoms with van der Waals surface area (Å²) in [4.78, 5) is 12.8. The molecule has 0 saturated carbocycles. The predicted octanol–water partition coefficient (Wildman–Crippen LogP) is 6.86. The summed E-state index contributed by atoms with van der Waals surface area (Å²) in [7, 11) is 1.66. The molecule has 0 aliphatic heterocycles. The molecule has 0 bridgehead atoms. The van der Waals surface area contributed by atoms with Gasteiger partial charge in [-0.15, -0.1) is 22.7 Å². The van der Waals surface area contributed by atoms with E-state index in [4.69, 9.17) is 9.47 Å². The standard InChI is InChI=1S/C27H26N4O2S2/c1-3-28-15-22-11-12-24(34-22)25-14-23-26(35-25)27(30-17-29-23)31-19-5-4-6-21(13-19)33-16-18-7-9-20(32-2)10-8-18/h4-14,17,28H,3,15-16H2,1-2H3,(H,29,30,31). The quantitative estimate of drug-likeness (QED) is 0.217. The van der Waals surface area contributed by atoms with Gasteiger partial charge in [-0.1, -0.05) is 25.1 Å². The summed E-state index contributed by atoms with van der Waals surface area (Å²) in [6.07, 6.45) is 1.61. The molecule has 2 N–H and O–H groups in total. The molecule has 6 nitrogen and oxygen atoms in total. The van der Waals surface area contributed by atoms with Crippen molar-refractivity contribution in [1.29, 1.82) is 0 Å². The van der Waals surface area contributed by atoms with Crippen LogP contribution in [0.5, 0.6) is 11.5 Å². The number of anilines is 2. The fourth-order valence-corrected chi connectivity index (χ4v) is 5.72. The minimum Gasteiger partial charge on any atom is -0.497 e. The molecule has 0 amide bonds. The molecule has 0 atom stereocenters. The molecule has 178 valence electrons. The van der Waals surface area contributed by atoms with Crippen LogP contribution in [0.2, 0.25) is 0 Å². The lowest BCUT2D eigenvalue weighted by Gasteiger charge is -2.10. The van der Waals surface area contributed by atoms with Gasteiger partial charge in [0.2, 0.25) is 0 Å². The van der Waals surface area contributed by atoms with Gasteiger partial charge in [0.1, 0.15) is 24.4 Å². The first-order valence-corrected chi connectivity index (χ1v) is 13.0. The zero-order valence-corrected chi connectivity index (χ0v) is 21.2. The molecule has 0 unspecified atom stereocenters. The number of thiophene rings is 2. The Bertz CT molecular complexity index is 1410. The van der Waals surface area contributed by atoms with Crippen LogP contribution in [0.3, 0.4) is 0 Å². The van der Waals surface area contributed by atoms with E-state index in [1.165, 1.54) is 14.6 Å². The number of nitrogens with zero attached hydrogens (tertiary/aromatic N) is 2. The highest BCUT2D eigenvalue weighted by Gasteiger charge is 2.12. The molecule has 35 heavy (non-hydrogen) atoms. The largest absolute Gasteiger partial charge is 0.497 e. The molecular formula is C27H26N4O2S2. The normalized spacial score (nSPS) is 11.0. The van der Waals surface area contributed by atoms with Crippen molar-refractivity contribution in [3.63, 3.8) is 0 Å². The van der Waals surface area contributed by atoms with Gasteiger partial charge in [0.05, 0.1) is 17.3 Å². The first-order chi connectivity index (χ1) is 17.2. The fourth-order valence-electron chi connectivity index (χ4n) is 3.61. The van der Waals surface area contributed by atoms with Gasteiger partial charge in [0, 0.05) is 32.9 Å². The fraction of sp³-hybridized carbons (Fsp3) is 0.185. The van der Waals surface area contributed by atoms with Crippen molar-refractivity contribution in [2.45, 2.75) is 20.1 Å². The highest BCUT2D eigenvalue weighted by molar-refractivity contribution is 7.26. The minimum absolute atomic E-state index is 0.482. The van der Waals surface area contributed by atoms with Crippen LogP contribution in [0.4, 0.5) is 11.5 Å². The van der Waals surface area contributed by atoms with Gasteiger partial charge in [-0.3, -0.25) is 0 Å². The van der Waals surface area contributed by atoms with Crippen molar-refractivity contribution in [2.24, 2.45) is 0 Å². The second-order valence-corrected chi connectivity index (χ2v) is 10.1. The summed E-state index contributed by atoms with van der Waals surface area (Å²) in [6.45, 7) is 4.47. The molecule has 0 aliphatic rings. The van der Waals surface area contributed by atoms with Gasteiger partial charge < -0.3 is 20.1 Å². The number of fused-ring (bicyclic) bond motifs is 1. The average Bonchev–Trinajstić information content (AvgIpc) is 3.54. The van der Waals surface area contributed by atoms with Crippen LogP contribution in [0.25, 0.3) is 20.0 Å². The molecule has 8 heteroatoms. The van der Waals surface area contributed by atoms with Crippen LogP contribution >= 0.6 is 22.7 Å². The summed E-state index contributed by atoms with van der Waals surface area (Å²) in [5, 5.41) is 6.84. The molecule has 0 radical (unpaired) electrons. The van der Waals surface area contributed by atoms with Crippen LogP contribution in [-0.4, -0.2) is 23.6 Å². The molecule has 0 fully saturated rings. The van der Waals surface area contributed by atoms with Crippen LogP contribution in [0.1, 0.15) is 17.4 Å². The van der Waals surface area contributed by atoms with Crippen LogP contribution in [0.15, 0.2) is 73.1 Å². The number of nitrogens with one attached hydrogen (secondary N) is 2. The zero-order chi connectivity index (χ0) is 24.0. The minimum atomic E-state index is 0.482. The predicted molar refractivity (Wildman–Crippen MR) is 145 cm³/mol. The smallest absolute Gasteiger partial charge is 0.151 e. The third-order valence-electron chi connectivity index (χ3n) is 5.43. The number of rotatable bonds is 10. The topological polar surface area (TPSA) is 68.3 Å². The number of benzene rings is 2. The van der Waals surface area contributed by atoms with Crippen LogP contribution in [-0.2, 0) is 13.2 Å². The Hall–Kier alpha value is -3.46. The first kappa shape index (κ1) is 23.3. The number of methoxy groups -OCH3 is 1. The van der Waals surface area contributed by atoms with Crippen LogP contribution in [0, 0.1) is 0 Å². The molecular weight excluding hydrogens is 476 g/mol. The average molecular weight is 503 g/mol. The number of ether oxygens (including phenoxy) is 2. The molecule has 3 aromatic heterocycles. The van der Waals surface area contributed by atoms with Crippen molar-refractivity contribution >= 4 is 44.4 Å². The van der Waals surface area contributed by atoms with E-state index in [0.717, 1.165) is 51.9 Å². The Morgan fingerprint density at radius 3 is 2.60 bits per heavy atom. The molecule has 0 saturated heterocycles. The number of aromatic nitrogens is 2. The monoisotopic (exact) mass is 502 g/mol. The van der Waals surface area contributed by atoms with E-state index in [-0.39, 0.29) is 0 Å². The zero-order valence-electron chi connectivity index (χ0n) is 19.6. The molecule has 2 aromatic carbocycles. The Labute approximate surface area is 212 Å². The van der Waals surface area contributed by atoms with Gasteiger partial charge in [0.15, 0.2) is 5.82 Å². The maximum atomic E-state index is 6.01. The highest BCUT2D eigenvalue weighted by Crippen LogP contribution is 2.39. The molecule has 3 heterocycles. The number of hydrogen-bond acceptors (Lipinski definition) is 8. The highest BCUT2D eigenvalue weighted by atomic mass is 32.1. The molecule has 5 aromatic rings. The Balaban J connectivity index is 1.31. The van der Waals surface area contributed by atoms with Crippen molar-refractivity contribution in [2.75, 3.05) is 19.0 Å². The second kappa shape index (κ2) is 10.9. The van der Waals surface area contributed by atoms with E-state index in [9.17, 15) is 0 Å². The lowest BCUT2D eigenvalue weighted by Crippen LogP contribution is -2.10. The summed E-state index contributed by atoms with van der Waals surface area (Å²) >= 11 is 3.52. The van der Waals surface area contributed by atoms with Crippen molar-refractivity contribution < 1.29 is 9.47 Å². The molecule has 5 rings (SSSR count). The Morgan fingerprint density at radius 1 is 0.886 bits per heavy atom. The van der Waals surface area contributed by atoms with Crippen molar-refractivity contribution in [3.05, 3.63) is 83.5 Å². The molecule has 0 aliphatic carbocycles. The molecule has 0 spiro atoms. The maximum absolute atomic E-state index is 6.01. The Kier molecular flexibility index (Phi) is 7.23. The van der Waals surface area contributed by atoms with E-state index in [2.05, 4.69) is 45.7 Å². The SMILES string of the molecule is CCNCc1ccc(-c2cc3ncnc(Nc4cccc(OCc5ccc(OC)cc5)c4)c3s2)s1. The van der Waals surface area contributed by atoms with E-state index in [0.29, 0.717) is 6.61 Å².